The fourth-order valence-corrected chi connectivity index (χ4v) is 3.41. The number of benzene rings is 1. The molecule has 0 unspecified atom stereocenters. The van der Waals surface area contributed by atoms with Crippen LogP contribution >= 0.6 is 23.5 Å². The van der Waals surface area contributed by atoms with Gasteiger partial charge in [-0.05, 0) is 49.0 Å². The molecule has 0 bridgehead atoms. The Labute approximate surface area is 158 Å². The molecule has 0 aliphatic rings. The first-order valence-electron chi connectivity index (χ1n) is 7.81. The van der Waals surface area contributed by atoms with Gasteiger partial charge in [-0.15, -0.1) is 10.2 Å². The van der Waals surface area contributed by atoms with E-state index in [4.69, 9.17) is 8.83 Å². The molecule has 0 amide bonds. The molecule has 0 radical (unpaired) electrons. The summed E-state index contributed by atoms with van der Waals surface area (Å²) >= 11 is 2.29. The Bertz CT molecular complexity index is 929. The first-order chi connectivity index (χ1) is 12.5. The van der Waals surface area contributed by atoms with Crippen LogP contribution in [0.1, 0.15) is 24.1 Å². The van der Waals surface area contributed by atoms with Gasteiger partial charge in [0.1, 0.15) is 5.76 Å². The lowest BCUT2D eigenvalue weighted by atomic mass is 10.2. The number of aryl methyl sites for hydroxylation is 2. The number of aromatic nitrogens is 2. The third kappa shape index (κ3) is 4.80. The van der Waals surface area contributed by atoms with Crippen LogP contribution in [0.15, 0.2) is 65.3 Å². The molecule has 0 spiro atoms. The molecular weight excluding hydrogens is 372 g/mol. The van der Waals surface area contributed by atoms with E-state index < -0.39 is 5.97 Å². The molecule has 0 saturated carbocycles. The van der Waals surface area contributed by atoms with Gasteiger partial charge in [0.2, 0.25) is 5.89 Å². The molecular formula is C18H15N2O4S2-. The molecule has 134 valence electrons. The standard InChI is InChI=1S/C18H16N2O4S2/c1-3-15-19-20-18(24-15)26-14(17(21)22)10-12-6-9-16(23-12)25-13-7-4-11(2)5-8-13/h4-10H,3H2,1-2H3,(H,21,22)/p-1/b14-10-. The van der Waals surface area contributed by atoms with Crippen molar-refractivity contribution < 1.29 is 18.7 Å². The molecule has 1 aromatic carbocycles. The third-order valence-electron chi connectivity index (χ3n) is 3.26. The van der Waals surface area contributed by atoms with Crippen molar-refractivity contribution in [1.82, 2.24) is 10.2 Å². The minimum Gasteiger partial charge on any atom is -0.544 e. The lowest BCUT2D eigenvalue weighted by Crippen LogP contribution is -2.22. The van der Waals surface area contributed by atoms with E-state index in [1.165, 1.54) is 23.4 Å². The van der Waals surface area contributed by atoms with Crippen LogP contribution in [0.25, 0.3) is 6.08 Å². The fraction of sp³-hybridized carbons (Fsp3) is 0.167. The van der Waals surface area contributed by atoms with Crippen LogP contribution in [0.4, 0.5) is 0 Å². The van der Waals surface area contributed by atoms with Gasteiger partial charge in [-0.25, -0.2) is 0 Å². The van der Waals surface area contributed by atoms with Gasteiger partial charge in [0.05, 0.1) is 5.97 Å². The zero-order valence-electron chi connectivity index (χ0n) is 14.1. The molecule has 6 nitrogen and oxygen atoms in total. The first kappa shape index (κ1) is 18.3. The van der Waals surface area contributed by atoms with Gasteiger partial charge in [0.25, 0.3) is 5.22 Å². The second kappa shape index (κ2) is 8.29. The summed E-state index contributed by atoms with van der Waals surface area (Å²) in [6.07, 6.45) is 1.96. The Morgan fingerprint density at radius 2 is 1.92 bits per heavy atom. The number of hydrogen-bond donors (Lipinski definition) is 0. The molecule has 3 rings (SSSR count). The highest BCUT2D eigenvalue weighted by Gasteiger charge is 2.11. The van der Waals surface area contributed by atoms with Gasteiger partial charge < -0.3 is 18.7 Å². The number of rotatable bonds is 7. The molecule has 8 heteroatoms. The van der Waals surface area contributed by atoms with Crippen LogP contribution in [0.3, 0.4) is 0 Å². The number of thioether (sulfide) groups is 1. The zero-order valence-corrected chi connectivity index (χ0v) is 15.7. The van der Waals surface area contributed by atoms with Crippen molar-refractivity contribution in [1.29, 1.82) is 0 Å². The van der Waals surface area contributed by atoms with E-state index in [2.05, 4.69) is 10.2 Å². The summed E-state index contributed by atoms with van der Waals surface area (Å²) < 4.78 is 11.0. The van der Waals surface area contributed by atoms with Gasteiger partial charge in [-0.2, -0.15) is 0 Å². The maximum absolute atomic E-state index is 11.4. The van der Waals surface area contributed by atoms with E-state index >= 15 is 0 Å². The Balaban J connectivity index is 1.74. The Kier molecular flexibility index (Phi) is 5.85. The summed E-state index contributed by atoms with van der Waals surface area (Å²) in [6.45, 7) is 3.89. The van der Waals surface area contributed by atoms with Crippen LogP contribution in [-0.4, -0.2) is 16.2 Å². The summed E-state index contributed by atoms with van der Waals surface area (Å²) in [5.74, 6) is -0.489. The Morgan fingerprint density at radius 3 is 2.58 bits per heavy atom. The van der Waals surface area contributed by atoms with Crippen molar-refractivity contribution in [2.24, 2.45) is 0 Å². The smallest absolute Gasteiger partial charge is 0.281 e. The molecule has 0 saturated heterocycles. The monoisotopic (exact) mass is 387 g/mol. The molecule has 0 aliphatic carbocycles. The molecule has 0 aliphatic heterocycles. The van der Waals surface area contributed by atoms with E-state index in [1.54, 1.807) is 12.1 Å². The number of carbonyl (C=O) groups excluding carboxylic acids is 1. The minimum absolute atomic E-state index is 0.0717. The van der Waals surface area contributed by atoms with Gasteiger partial charge in [0.15, 0.2) is 5.09 Å². The predicted molar refractivity (Wildman–Crippen MR) is 96.5 cm³/mol. The summed E-state index contributed by atoms with van der Waals surface area (Å²) in [5, 5.41) is 19.8. The number of carboxylic acids is 1. The number of carboxylic acid groups (broad SMARTS) is 1. The van der Waals surface area contributed by atoms with Gasteiger partial charge in [-0.3, -0.25) is 0 Å². The minimum atomic E-state index is -1.34. The van der Waals surface area contributed by atoms with Crippen LogP contribution in [-0.2, 0) is 11.2 Å². The average molecular weight is 387 g/mol. The molecule has 0 atom stereocenters. The molecule has 2 heterocycles. The van der Waals surface area contributed by atoms with Crippen LogP contribution in [0.2, 0.25) is 0 Å². The molecule has 2 aromatic heterocycles. The van der Waals surface area contributed by atoms with Crippen molar-refractivity contribution in [3.8, 4) is 0 Å². The number of nitrogens with zero attached hydrogens (tertiary/aromatic N) is 2. The van der Waals surface area contributed by atoms with E-state index in [-0.39, 0.29) is 10.1 Å². The molecule has 3 aromatic rings. The molecule has 0 N–H and O–H groups in total. The van der Waals surface area contributed by atoms with Crippen LogP contribution < -0.4 is 5.11 Å². The van der Waals surface area contributed by atoms with Gasteiger partial charge >= 0.3 is 0 Å². The number of aliphatic carboxylic acids is 1. The van der Waals surface area contributed by atoms with Gasteiger partial charge in [-0.1, -0.05) is 36.4 Å². The maximum Gasteiger partial charge on any atom is 0.281 e. The molecule has 0 fully saturated rings. The number of furan rings is 1. The van der Waals surface area contributed by atoms with Crippen molar-refractivity contribution in [2.45, 2.75) is 35.5 Å². The quantitative estimate of drug-likeness (QED) is 0.449. The molecule has 26 heavy (non-hydrogen) atoms. The fourth-order valence-electron chi connectivity index (χ4n) is 1.96. The van der Waals surface area contributed by atoms with Crippen molar-refractivity contribution in [3.05, 3.63) is 58.5 Å². The normalized spacial score (nSPS) is 11.7. The predicted octanol–water partition coefficient (Wildman–Crippen LogP) is 3.57. The lowest BCUT2D eigenvalue weighted by molar-refractivity contribution is -0.298. The van der Waals surface area contributed by atoms with E-state index in [0.29, 0.717) is 23.2 Å². The topological polar surface area (TPSA) is 92.2 Å². The largest absolute Gasteiger partial charge is 0.544 e. The number of hydrogen-bond acceptors (Lipinski definition) is 8. The summed E-state index contributed by atoms with van der Waals surface area (Å²) in [4.78, 5) is 12.3. The summed E-state index contributed by atoms with van der Waals surface area (Å²) in [6, 6.07) is 11.5. The maximum atomic E-state index is 11.4. The highest BCUT2D eigenvalue weighted by Crippen LogP contribution is 2.32. The second-order valence-electron chi connectivity index (χ2n) is 5.29. The Hall–Kier alpha value is -2.45. The summed E-state index contributed by atoms with van der Waals surface area (Å²) in [5.41, 5.74) is 1.18. The SMILES string of the molecule is CCc1nnc(S/C(=C\c2ccc(Sc3ccc(C)cc3)o2)C(=O)[O-])o1. The van der Waals surface area contributed by atoms with Crippen LogP contribution in [0.5, 0.6) is 0 Å². The highest BCUT2D eigenvalue weighted by atomic mass is 32.2. The third-order valence-corrected chi connectivity index (χ3v) is 5.04. The van der Waals surface area contributed by atoms with E-state index in [1.807, 2.05) is 38.1 Å². The average Bonchev–Trinajstić information content (AvgIpc) is 3.25. The van der Waals surface area contributed by atoms with Crippen LogP contribution in [0, 0.1) is 6.92 Å². The van der Waals surface area contributed by atoms with Crippen molar-refractivity contribution >= 4 is 35.6 Å². The lowest BCUT2D eigenvalue weighted by Gasteiger charge is -2.04. The van der Waals surface area contributed by atoms with E-state index in [9.17, 15) is 9.90 Å². The van der Waals surface area contributed by atoms with Crippen molar-refractivity contribution in [3.63, 3.8) is 0 Å². The summed E-state index contributed by atoms with van der Waals surface area (Å²) in [7, 11) is 0. The second-order valence-corrected chi connectivity index (χ2v) is 7.36. The highest BCUT2D eigenvalue weighted by molar-refractivity contribution is 8.03. The van der Waals surface area contributed by atoms with Gasteiger partial charge in [0, 0.05) is 16.2 Å². The first-order valence-corrected chi connectivity index (χ1v) is 9.44. The van der Waals surface area contributed by atoms with Crippen molar-refractivity contribution in [2.75, 3.05) is 0 Å². The Morgan fingerprint density at radius 1 is 1.15 bits per heavy atom. The zero-order chi connectivity index (χ0) is 18.5. The number of carbonyl (C=O) groups is 1. The van der Waals surface area contributed by atoms with E-state index in [0.717, 1.165) is 16.7 Å².